The van der Waals surface area contributed by atoms with Gasteiger partial charge in [-0.05, 0) is 69.7 Å². The SMILES string of the molecule is CN1CCCC2(COCC(=O)N2)C1COC1CCC(c2ccccc2OCC=O)CC1. The Balaban J connectivity index is 1.33. The van der Waals surface area contributed by atoms with Gasteiger partial charge < -0.3 is 19.5 Å². The standard InChI is InChI=1S/C24H34N2O5/c1-26-12-4-11-24(17-29-16-23(28)25-24)22(26)15-31-19-9-7-18(8-10-19)20-5-2-3-6-21(20)30-14-13-27/h2-3,5-6,13,18-19,22H,4,7-12,14-17H2,1H3,(H,25,28). The smallest absolute Gasteiger partial charge is 0.246 e. The molecule has 7 heteroatoms. The molecule has 0 radical (unpaired) electrons. The van der Waals surface area contributed by atoms with Crippen LogP contribution in [0.1, 0.15) is 50.0 Å². The summed E-state index contributed by atoms with van der Waals surface area (Å²) in [7, 11) is 2.11. The molecule has 4 rings (SSSR count). The van der Waals surface area contributed by atoms with Crippen molar-refractivity contribution in [1.29, 1.82) is 0 Å². The Morgan fingerprint density at radius 2 is 2.06 bits per heavy atom. The molecule has 7 nitrogen and oxygen atoms in total. The predicted octanol–water partition coefficient (Wildman–Crippen LogP) is 2.29. The van der Waals surface area contributed by atoms with Crippen LogP contribution in [0.15, 0.2) is 24.3 Å². The van der Waals surface area contributed by atoms with Gasteiger partial charge in [0, 0.05) is 0 Å². The van der Waals surface area contributed by atoms with E-state index in [1.165, 1.54) is 5.56 Å². The molecule has 2 atom stereocenters. The summed E-state index contributed by atoms with van der Waals surface area (Å²) in [6.45, 7) is 2.42. The quantitative estimate of drug-likeness (QED) is 0.669. The third kappa shape index (κ3) is 5.10. The summed E-state index contributed by atoms with van der Waals surface area (Å²) < 4.78 is 17.7. The fourth-order valence-electron chi connectivity index (χ4n) is 5.51. The number of morpholine rings is 1. The molecule has 2 unspecified atom stereocenters. The zero-order chi connectivity index (χ0) is 21.7. The zero-order valence-electron chi connectivity index (χ0n) is 18.4. The van der Waals surface area contributed by atoms with Crippen molar-refractivity contribution in [1.82, 2.24) is 10.2 Å². The van der Waals surface area contributed by atoms with Gasteiger partial charge in [-0.3, -0.25) is 14.5 Å². The van der Waals surface area contributed by atoms with E-state index in [-0.39, 0.29) is 36.8 Å². The highest BCUT2D eigenvalue weighted by Gasteiger charge is 2.47. The number of carbonyl (C=O) groups excluding carboxylic acids is 2. The van der Waals surface area contributed by atoms with Crippen molar-refractivity contribution in [3.8, 4) is 5.75 Å². The summed E-state index contributed by atoms with van der Waals surface area (Å²) in [5.41, 5.74) is 0.852. The van der Waals surface area contributed by atoms with E-state index < -0.39 is 0 Å². The normalized spacial score (nSPS) is 31.9. The van der Waals surface area contributed by atoms with Gasteiger partial charge in [0.15, 0.2) is 6.29 Å². The summed E-state index contributed by atoms with van der Waals surface area (Å²) in [5.74, 6) is 1.22. The Labute approximate surface area is 184 Å². The van der Waals surface area contributed by atoms with Crippen molar-refractivity contribution in [2.75, 3.05) is 40.0 Å². The molecule has 31 heavy (non-hydrogen) atoms. The minimum absolute atomic E-state index is 0.0254. The Kier molecular flexibility index (Phi) is 7.25. The lowest BCUT2D eigenvalue weighted by Gasteiger charge is -2.50. The van der Waals surface area contributed by atoms with Crippen LogP contribution < -0.4 is 10.1 Å². The number of carbonyl (C=O) groups is 2. The van der Waals surface area contributed by atoms with Crippen LogP contribution in [0.4, 0.5) is 0 Å². The maximum absolute atomic E-state index is 12.0. The number of aldehydes is 1. The number of piperidine rings is 1. The first-order valence-electron chi connectivity index (χ1n) is 11.5. The van der Waals surface area contributed by atoms with E-state index in [1.54, 1.807) is 0 Å². The Hall–Kier alpha value is -1.96. The molecule has 1 saturated carbocycles. The van der Waals surface area contributed by atoms with E-state index in [4.69, 9.17) is 14.2 Å². The Morgan fingerprint density at radius 1 is 1.26 bits per heavy atom. The van der Waals surface area contributed by atoms with Crippen molar-refractivity contribution in [2.24, 2.45) is 0 Å². The van der Waals surface area contributed by atoms with E-state index in [0.717, 1.165) is 57.1 Å². The summed E-state index contributed by atoms with van der Waals surface area (Å²) >= 11 is 0. The number of amides is 1. The topological polar surface area (TPSA) is 77.1 Å². The molecule has 170 valence electrons. The van der Waals surface area contributed by atoms with Crippen LogP contribution in [0.3, 0.4) is 0 Å². The number of para-hydroxylation sites is 1. The molecule has 1 spiro atoms. The molecule has 1 aromatic carbocycles. The number of likely N-dealkylation sites (tertiary alicyclic amines) is 1. The minimum atomic E-state index is -0.339. The van der Waals surface area contributed by atoms with E-state index in [1.807, 2.05) is 18.2 Å². The van der Waals surface area contributed by atoms with E-state index in [2.05, 4.69) is 23.3 Å². The average Bonchev–Trinajstić information content (AvgIpc) is 2.78. The molecule has 1 aliphatic carbocycles. The molecular formula is C24H34N2O5. The number of rotatable bonds is 7. The number of likely N-dealkylation sites (N-methyl/N-ethyl adjacent to an activating group) is 1. The first kappa shape index (κ1) is 22.2. The maximum atomic E-state index is 12.0. The third-order valence-corrected chi connectivity index (χ3v) is 7.11. The van der Waals surface area contributed by atoms with Gasteiger partial charge in [0.1, 0.15) is 19.0 Å². The molecule has 2 heterocycles. The largest absolute Gasteiger partial charge is 0.486 e. The van der Waals surface area contributed by atoms with Gasteiger partial charge in [0.05, 0.1) is 30.9 Å². The summed E-state index contributed by atoms with van der Waals surface area (Å²) in [6, 6.07) is 8.16. The highest BCUT2D eigenvalue weighted by Crippen LogP contribution is 2.39. The van der Waals surface area contributed by atoms with Crippen molar-refractivity contribution < 1.29 is 23.8 Å². The Morgan fingerprint density at radius 3 is 2.84 bits per heavy atom. The molecule has 3 fully saturated rings. The predicted molar refractivity (Wildman–Crippen MR) is 116 cm³/mol. The first-order chi connectivity index (χ1) is 15.1. The van der Waals surface area contributed by atoms with Crippen LogP contribution in [0.5, 0.6) is 5.75 Å². The Bertz CT molecular complexity index is 760. The second kappa shape index (κ2) is 10.1. The van der Waals surface area contributed by atoms with Crippen LogP contribution >= 0.6 is 0 Å². The van der Waals surface area contributed by atoms with Gasteiger partial charge in [-0.2, -0.15) is 0 Å². The molecule has 0 bridgehead atoms. The zero-order valence-corrected chi connectivity index (χ0v) is 18.4. The molecule has 1 amide bonds. The average molecular weight is 431 g/mol. The lowest BCUT2D eigenvalue weighted by molar-refractivity contribution is -0.144. The van der Waals surface area contributed by atoms with Crippen LogP contribution in [0.2, 0.25) is 0 Å². The van der Waals surface area contributed by atoms with Gasteiger partial charge in [0.25, 0.3) is 0 Å². The molecule has 0 aromatic heterocycles. The highest BCUT2D eigenvalue weighted by molar-refractivity contribution is 5.79. The van der Waals surface area contributed by atoms with Crippen LogP contribution in [0, 0.1) is 0 Å². The van der Waals surface area contributed by atoms with Crippen LogP contribution in [-0.2, 0) is 19.1 Å². The third-order valence-electron chi connectivity index (χ3n) is 7.11. The fourth-order valence-corrected chi connectivity index (χ4v) is 5.51. The first-order valence-corrected chi connectivity index (χ1v) is 11.5. The lowest BCUT2D eigenvalue weighted by atomic mass is 9.80. The number of nitrogens with zero attached hydrogens (tertiary/aromatic N) is 1. The second-order valence-corrected chi connectivity index (χ2v) is 9.12. The fraction of sp³-hybridized carbons (Fsp3) is 0.667. The van der Waals surface area contributed by atoms with Crippen molar-refractivity contribution in [3.63, 3.8) is 0 Å². The van der Waals surface area contributed by atoms with Crippen LogP contribution in [0.25, 0.3) is 0 Å². The van der Waals surface area contributed by atoms with Crippen LogP contribution in [-0.4, -0.2) is 74.8 Å². The molecule has 3 aliphatic rings. The molecular weight excluding hydrogens is 396 g/mol. The van der Waals surface area contributed by atoms with Gasteiger partial charge in [-0.1, -0.05) is 18.2 Å². The van der Waals surface area contributed by atoms with E-state index >= 15 is 0 Å². The summed E-state index contributed by atoms with van der Waals surface area (Å²) in [4.78, 5) is 25.0. The van der Waals surface area contributed by atoms with Gasteiger partial charge in [-0.15, -0.1) is 0 Å². The van der Waals surface area contributed by atoms with Gasteiger partial charge in [-0.25, -0.2) is 0 Å². The molecule has 1 aromatic rings. The molecule has 1 N–H and O–H groups in total. The lowest BCUT2D eigenvalue weighted by Crippen LogP contribution is -2.70. The van der Waals surface area contributed by atoms with Crippen molar-refractivity contribution >= 4 is 12.2 Å². The molecule has 2 saturated heterocycles. The summed E-state index contributed by atoms with van der Waals surface area (Å²) in [5, 5.41) is 3.23. The number of nitrogens with one attached hydrogen (secondary N) is 1. The van der Waals surface area contributed by atoms with Crippen molar-refractivity contribution in [2.45, 2.75) is 62.1 Å². The highest BCUT2D eigenvalue weighted by atomic mass is 16.5. The van der Waals surface area contributed by atoms with Gasteiger partial charge in [0.2, 0.25) is 5.91 Å². The van der Waals surface area contributed by atoms with Gasteiger partial charge >= 0.3 is 0 Å². The number of benzene rings is 1. The molecule has 2 aliphatic heterocycles. The summed E-state index contributed by atoms with van der Waals surface area (Å²) in [6.07, 6.45) is 7.07. The maximum Gasteiger partial charge on any atom is 0.246 e. The van der Waals surface area contributed by atoms with E-state index in [0.29, 0.717) is 19.1 Å². The number of hydrogen-bond acceptors (Lipinski definition) is 6. The minimum Gasteiger partial charge on any atom is -0.486 e. The van der Waals surface area contributed by atoms with E-state index in [9.17, 15) is 9.59 Å². The number of ether oxygens (including phenoxy) is 3. The number of hydrogen-bond donors (Lipinski definition) is 1. The monoisotopic (exact) mass is 430 g/mol. The second-order valence-electron chi connectivity index (χ2n) is 9.12. The van der Waals surface area contributed by atoms with Crippen molar-refractivity contribution in [3.05, 3.63) is 29.8 Å².